The zero-order valence-corrected chi connectivity index (χ0v) is 17.0. The van der Waals surface area contributed by atoms with Crippen molar-refractivity contribution in [3.05, 3.63) is 50.6 Å². The predicted octanol–water partition coefficient (Wildman–Crippen LogP) is 6.97. The van der Waals surface area contributed by atoms with Gasteiger partial charge in [0.05, 0.1) is 15.4 Å². The molecular formula is C20H21Cl2N3S. The highest BCUT2D eigenvalue weighted by Crippen LogP contribution is 2.35. The zero-order chi connectivity index (χ0) is 18.1. The number of anilines is 1. The van der Waals surface area contributed by atoms with Crippen LogP contribution in [0, 0.1) is 6.92 Å². The van der Waals surface area contributed by atoms with E-state index in [9.17, 15) is 0 Å². The smallest absolute Gasteiger partial charge is 0.139 e. The Morgan fingerprint density at radius 3 is 2.69 bits per heavy atom. The van der Waals surface area contributed by atoms with Crippen LogP contribution >= 0.6 is 34.5 Å². The molecule has 3 nitrogen and oxygen atoms in total. The van der Waals surface area contributed by atoms with Crippen molar-refractivity contribution < 1.29 is 0 Å². The molecule has 0 spiro atoms. The molecule has 3 aromatic rings. The summed E-state index contributed by atoms with van der Waals surface area (Å²) in [5.74, 6) is 2.41. The highest BCUT2D eigenvalue weighted by atomic mass is 35.5. The predicted molar refractivity (Wildman–Crippen MR) is 112 cm³/mol. The van der Waals surface area contributed by atoms with Gasteiger partial charge in [-0.1, -0.05) is 48.5 Å². The van der Waals surface area contributed by atoms with E-state index in [4.69, 9.17) is 33.2 Å². The van der Waals surface area contributed by atoms with Gasteiger partial charge in [-0.25, -0.2) is 9.97 Å². The van der Waals surface area contributed by atoms with Crippen LogP contribution in [-0.2, 0) is 6.54 Å². The molecule has 0 bridgehead atoms. The van der Waals surface area contributed by atoms with E-state index < -0.39 is 0 Å². The van der Waals surface area contributed by atoms with Gasteiger partial charge in [-0.05, 0) is 48.4 Å². The number of rotatable bonds is 4. The quantitative estimate of drug-likeness (QED) is 0.509. The third kappa shape index (κ3) is 3.68. The Morgan fingerprint density at radius 2 is 1.92 bits per heavy atom. The van der Waals surface area contributed by atoms with Gasteiger partial charge in [0.15, 0.2) is 0 Å². The Morgan fingerprint density at radius 1 is 1.12 bits per heavy atom. The molecule has 1 fully saturated rings. The fourth-order valence-corrected chi connectivity index (χ4v) is 4.86. The first-order valence-corrected chi connectivity index (χ1v) is 10.7. The summed E-state index contributed by atoms with van der Waals surface area (Å²) in [4.78, 5) is 10.9. The Labute approximate surface area is 167 Å². The third-order valence-corrected chi connectivity index (χ3v) is 6.78. The number of benzene rings is 1. The van der Waals surface area contributed by atoms with Crippen LogP contribution < -0.4 is 5.32 Å². The van der Waals surface area contributed by atoms with Crippen molar-refractivity contribution in [2.24, 2.45) is 0 Å². The largest absolute Gasteiger partial charge is 0.365 e. The molecule has 1 saturated carbocycles. The normalized spacial score (nSPS) is 15.5. The van der Waals surface area contributed by atoms with Crippen LogP contribution in [0.1, 0.15) is 55.0 Å². The van der Waals surface area contributed by atoms with Gasteiger partial charge in [0.2, 0.25) is 0 Å². The fraction of sp³-hybridized carbons (Fsp3) is 0.400. The van der Waals surface area contributed by atoms with Crippen LogP contribution in [0.2, 0.25) is 10.0 Å². The second kappa shape index (κ2) is 7.71. The molecule has 2 heterocycles. The van der Waals surface area contributed by atoms with Gasteiger partial charge >= 0.3 is 0 Å². The molecule has 0 radical (unpaired) electrons. The van der Waals surface area contributed by atoms with Gasteiger partial charge in [0.1, 0.15) is 16.5 Å². The summed E-state index contributed by atoms with van der Waals surface area (Å²) in [7, 11) is 0. The molecule has 4 rings (SSSR count). The topological polar surface area (TPSA) is 37.8 Å². The summed E-state index contributed by atoms with van der Waals surface area (Å²) < 4.78 is 0. The van der Waals surface area contributed by atoms with Gasteiger partial charge in [0, 0.05) is 12.5 Å². The summed E-state index contributed by atoms with van der Waals surface area (Å²) in [6.45, 7) is 2.77. The van der Waals surface area contributed by atoms with E-state index >= 15 is 0 Å². The molecule has 0 aliphatic heterocycles. The molecule has 1 N–H and O–H groups in total. The average molecular weight is 406 g/mol. The van der Waals surface area contributed by atoms with Gasteiger partial charge in [0.25, 0.3) is 0 Å². The first-order chi connectivity index (χ1) is 12.6. The maximum atomic E-state index is 6.14. The standard InChI is InChI=1S/C20H21Cl2N3S/c1-12-11-26-20-17(12)19(23-10-13-7-8-15(21)16(22)9-13)24-18(25-20)14-5-3-2-4-6-14/h7-9,11,14H,2-6,10H2,1H3,(H,23,24,25). The maximum Gasteiger partial charge on any atom is 0.139 e. The molecule has 1 aliphatic carbocycles. The molecule has 6 heteroatoms. The van der Waals surface area contributed by atoms with Crippen molar-refractivity contribution >= 4 is 50.6 Å². The van der Waals surface area contributed by atoms with E-state index in [1.54, 1.807) is 11.3 Å². The second-order valence-electron chi connectivity index (χ2n) is 6.97. The minimum atomic E-state index is 0.487. The van der Waals surface area contributed by atoms with E-state index in [2.05, 4.69) is 17.6 Å². The molecule has 0 atom stereocenters. The first kappa shape index (κ1) is 18.0. The molecular weight excluding hydrogens is 385 g/mol. The average Bonchev–Trinajstić information content (AvgIpc) is 3.04. The van der Waals surface area contributed by atoms with Crippen molar-refractivity contribution in [2.75, 3.05) is 5.32 Å². The first-order valence-electron chi connectivity index (χ1n) is 9.05. The number of aromatic nitrogens is 2. The number of halogens is 2. The summed E-state index contributed by atoms with van der Waals surface area (Å²) >= 11 is 13.9. The van der Waals surface area contributed by atoms with Crippen molar-refractivity contribution in [2.45, 2.75) is 51.5 Å². The van der Waals surface area contributed by atoms with Crippen LogP contribution in [0.15, 0.2) is 23.6 Å². The second-order valence-corrected chi connectivity index (χ2v) is 8.64. The molecule has 2 aromatic heterocycles. The lowest BCUT2D eigenvalue weighted by Gasteiger charge is -2.21. The Bertz CT molecular complexity index is 932. The molecule has 136 valence electrons. The lowest BCUT2D eigenvalue weighted by Crippen LogP contribution is -2.11. The number of aryl methyl sites for hydroxylation is 1. The van der Waals surface area contributed by atoms with E-state index in [1.807, 2.05) is 18.2 Å². The van der Waals surface area contributed by atoms with Gasteiger partial charge < -0.3 is 5.32 Å². The number of nitrogens with one attached hydrogen (secondary N) is 1. The maximum absolute atomic E-state index is 6.14. The third-order valence-electron chi connectivity index (χ3n) is 5.05. The highest BCUT2D eigenvalue weighted by molar-refractivity contribution is 7.17. The Kier molecular flexibility index (Phi) is 5.35. The number of hydrogen-bond acceptors (Lipinski definition) is 4. The number of nitrogens with zero attached hydrogens (tertiary/aromatic N) is 2. The SMILES string of the molecule is Cc1csc2nc(C3CCCCC3)nc(NCc3ccc(Cl)c(Cl)c3)c12. The monoisotopic (exact) mass is 405 g/mol. The lowest BCUT2D eigenvalue weighted by atomic mass is 9.88. The van der Waals surface area contributed by atoms with Gasteiger partial charge in [-0.15, -0.1) is 11.3 Å². The van der Waals surface area contributed by atoms with Gasteiger partial charge in [-0.2, -0.15) is 0 Å². The van der Waals surface area contributed by atoms with Crippen molar-refractivity contribution in [1.82, 2.24) is 9.97 Å². The summed E-state index contributed by atoms with van der Waals surface area (Å²) in [5, 5.41) is 7.96. The van der Waals surface area contributed by atoms with E-state index in [0.717, 1.165) is 27.4 Å². The molecule has 26 heavy (non-hydrogen) atoms. The number of fused-ring (bicyclic) bond motifs is 1. The van der Waals surface area contributed by atoms with Gasteiger partial charge in [-0.3, -0.25) is 0 Å². The minimum absolute atomic E-state index is 0.487. The molecule has 0 saturated heterocycles. The van der Waals surface area contributed by atoms with E-state index in [1.165, 1.54) is 37.7 Å². The van der Waals surface area contributed by atoms with E-state index in [-0.39, 0.29) is 0 Å². The summed E-state index contributed by atoms with van der Waals surface area (Å²) in [6, 6.07) is 5.72. The molecule has 1 aromatic carbocycles. The highest BCUT2D eigenvalue weighted by Gasteiger charge is 2.21. The van der Waals surface area contributed by atoms with Crippen LogP contribution in [0.3, 0.4) is 0 Å². The Hall–Kier alpha value is -1.36. The Balaban J connectivity index is 1.65. The van der Waals surface area contributed by atoms with Crippen molar-refractivity contribution in [3.8, 4) is 0 Å². The van der Waals surface area contributed by atoms with Crippen molar-refractivity contribution in [3.63, 3.8) is 0 Å². The van der Waals surface area contributed by atoms with Crippen LogP contribution in [-0.4, -0.2) is 9.97 Å². The van der Waals surface area contributed by atoms with Crippen LogP contribution in [0.5, 0.6) is 0 Å². The van der Waals surface area contributed by atoms with E-state index in [0.29, 0.717) is 22.5 Å². The lowest BCUT2D eigenvalue weighted by molar-refractivity contribution is 0.430. The van der Waals surface area contributed by atoms with Crippen LogP contribution in [0.4, 0.5) is 5.82 Å². The number of thiophene rings is 1. The molecule has 0 unspecified atom stereocenters. The molecule has 1 aliphatic rings. The van der Waals surface area contributed by atoms with Crippen LogP contribution in [0.25, 0.3) is 10.2 Å². The summed E-state index contributed by atoms with van der Waals surface area (Å²) in [5.41, 5.74) is 2.30. The number of hydrogen-bond donors (Lipinski definition) is 1. The zero-order valence-electron chi connectivity index (χ0n) is 14.7. The minimum Gasteiger partial charge on any atom is -0.365 e. The van der Waals surface area contributed by atoms with Crippen molar-refractivity contribution in [1.29, 1.82) is 0 Å². The fourth-order valence-electron chi connectivity index (χ4n) is 3.61. The molecule has 0 amide bonds. The summed E-state index contributed by atoms with van der Waals surface area (Å²) in [6.07, 6.45) is 6.28.